The molecule has 1 heterocycles. The largest absolute Gasteiger partial charge is 0.352 e. The lowest BCUT2D eigenvalue weighted by atomic mass is 9.97. The molecule has 0 aromatic heterocycles. The Morgan fingerprint density at radius 2 is 1.83 bits per heavy atom. The van der Waals surface area contributed by atoms with Gasteiger partial charge in [-0.15, -0.1) is 0 Å². The summed E-state index contributed by atoms with van der Waals surface area (Å²) in [5.74, 6) is -0.145. The minimum Gasteiger partial charge on any atom is -0.352 e. The van der Waals surface area contributed by atoms with Crippen LogP contribution in [0.25, 0.3) is 0 Å². The fraction of sp³-hybridized carbons (Fsp3) is 0.267. The molecule has 5 heteroatoms. The monoisotopic (exact) mass is 482 g/mol. The van der Waals surface area contributed by atoms with Crippen molar-refractivity contribution < 1.29 is 9.59 Å². The van der Waals surface area contributed by atoms with E-state index in [1.54, 1.807) is 11.8 Å². The Hall–Kier alpha value is -3.31. The summed E-state index contributed by atoms with van der Waals surface area (Å²) in [5, 5.41) is 3.08. The Morgan fingerprint density at radius 1 is 1.00 bits per heavy atom. The quantitative estimate of drug-likeness (QED) is 0.388. The van der Waals surface area contributed by atoms with Crippen molar-refractivity contribution >= 4 is 29.3 Å². The molecule has 0 spiro atoms. The molecule has 1 aliphatic carbocycles. The van der Waals surface area contributed by atoms with Crippen LogP contribution in [0.15, 0.2) is 88.2 Å². The highest BCUT2D eigenvalue weighted by Gasteiger charge is 2.28. The Morgan fingerprint density at radius 3 is 2.63 bits per heavy atom. The van der Waals surface area contributed by atoms with Crippen LogP contribution in [0.4, 0.5) is 5.69 Å². The van der Waals surface area contributed by atoms with E-state index < -0.39 is 0 Å². The molecule has 0 radical (unpaired) electrons. The van der Waals surface area contributed by atoms with E-state index >= 15 is 0 Å². The van der Waals surface area contributed by atoms with Crippen LogP contribution >= 0.6 is 11.8 Å². The Bertz CT molecular complexity index is 1280. The minimum atomic E-state index is -0.0984. The van der Waals surface area contributed by atoms with Crippen LogP contribution in [-0.4, -0.2) is 18.4 Å². The molecule has 178 valence electrons. The first-order chi connectivity index (χ1) is 17.1. The molecule has 5 rings (SSSR count). The van der Waals surface area contributed by atoms with E-state index in [0.29, 0.717) is 24.2 Å². The Balaban J connectivity index is 1.42. The van der Waals surface area contributed by atoms with Crippen LogP contribution < -0.4 is 10.2 Å². The lowest BCUT2D eigenvalue weighted by Gasteiger charge is -2.24. The van der Waals surface area contributed by atoms with Gasteiger partial charge in [0.1, 0.15) is 0 Å². The first-order valence-corrected chi connectivity index (χ1v) is 13.1. The predicted octanol–water partition coefficient (Wildman–Crippen LogP) is 6.93. The second-order valence-corrected chi connectivity index (χ2v) is 10.4. The molecule has 0 atom stereocenters. The van der Waals surface area contributed by atoms with E-state index in [0.717, 1.165) is 40.3 Å². The maximum atomic E-state index is 13.7. The standard InChI is InChI=1S/C30H30N2O2S/c1-21-11-13-23(14-12-21)20-32-26-19-24(29(33)31-18-17-22-7-3-2-4-8-22)15-16-28(26)35-27-10-6-5-9-25(27)30(32)34/h5-7,9-16,19H,2-4,8,17-18,20H2,1H3,(H,31,33). The highest BCUT2D eigenvalue weighted by atomic mass is 32.2. The van der Waals surface area contributed by atoms with Gasteiger partial charge in [-0.1, -0.05) is 65.4 Å². The van der Waals surface area contributed by atoms with E-state index in [1.165, 1.54) is 24.0 Å². The van der Waals surface area contributed by atoms with Gasteiger partial charge in [-0.05, 0) is 74.9 Å². The number of fused-ring (bicyclic) bond motifs is 2. The fourth-order valence-electron chi connectivity index (χ4n) is 4.66. The molecule has 0 saturated carbocycles. The minimum absolute atomic E-state index is 0.0470. The zero-order valence-corrected chi connectivity index (χ0v) is 20.9. The molecule has 2 amide bonds. The maximum absolute atomic E-state index is 13.7. The zero-order chi connectivity index (χ0) is 24.2. The van der Waals surface area contributed by atoms with Gasteiger partial charge < -0.3 is 10.2 Å². The highest BCUT2D eigenvalue weighted by Crippen LogP contribution is 2.42. The van der Waals surface area contributed by atoms with Gasteiger partial charge >= 0.3 is 0 Å². The number of carbonyl (C=O) groups excluding carboxylic acids is 2. The Kier molecular flexibility index (Phi) is 7.05. The third kappa shape index (κ3) is 5.35. The van der Waals surface area contributed by atoms with Crippen LogP contribution in [0.2, 0.25) is 0 Å². The number of aryl methyl sites for hydroxylation is 1. The third-order valence-electron chi connectivity index (χ3n) is 6.67. The number of hydrogen-bond donors (Lipinski definition) is 1. The summed E-state index contributed by atoms with van der Waals surface area (Å²) in [6.07, 6.45) is 8.03. The van der Waals surface area contributed by atoms with Gasteiger partial charge in [0.05, 0.1) is 17.8 Å². The van der Waals surface area contributed by atoms with Crippen molar-refractivity contribution in [3.05, 3.63) is 101 Å². The van der Waals surface area contributed by atoms with Gasteiger partial charge in [0, 0.05) is 21.9 Å². The molecule has 3 aromatic carbocycles. The molecule has 2 aliphatic rings. The topological polar surface area (TPSA) is 49.4 Å². The molecule has 0 unspecified atom stereocenters. The molecule has 35 heavy (non-hydrogen) atoms. The van der Waals surface area contributed by atoms with E-state index in [9.17, 15) is 9.59 Å². The fourth-order valence-corrected chi connectivity index (χ4v) is 5.72. The average Bonchev–Trinajstić information content (AvgIpc) is 3.00. The van der Waals surface area contributed by atoms with Crippen molar-refractivity contribution in [3.63, 3.8) is 0 Å². The summed E-state index contributed by atoms with van der Waals surface area (Å²) in [6.45, 7) is 3.13. The highest BCUT2D eigenvalue weighted by molar-refractivity contribution is 7.99. The van der Waals surface area contributed by atoms with E-state index in [-0.39, 0.29) is 11.8 Å². The summed E-state index contributed by atoms with van der Waals surface area (Å²) >= 11 is 1.58. The first-order valence-electron chi connectivity index (χ1n) is 12.3. The van der Waals surface area contributed by atoms with Gasteiger partial charge in [0.15, 0.2) is 0 Å². The number of benzene rings is 3. The summed E-state index contributed by atoms with van der Waals surface area (Å²) < 4.78 is 0. The van der Waals surface area contributed by atoms with Crippen molar-refractivity contribution in [2.45, 2.75) is 55.4 Å². The van der Waals surface area contributed by atoms with Crippen molar-refractivity contribution in [1.82, 2.24) is 5.32 Å². The van der Waals surface area contributed by atoms with Crippen LogP contribution in [0, 0.1) is 6.92 Å². The molecular weight excluding hydrogens is 452 g/mol. The third-order valence-corrected chi connectivity index (χ3v) is 7.81. The van der Waals surface area contributed by atoms with Crippen molar-refractivity contribution in [2.75, 3.05) is 11.4 Å². The van der Waals surface area contributed by atoms with Gasteiger partial charge in [-0.3, -0.25) is 9.59 Å². The van der Waals surface area contributed by atoms with E-state index in [2.05, 4.69) is 42.6 Å². The summed E-state index contributed by atoms with van der Waals surface area (Å²) in [4.78, 5) is 30.4. The summed E-state index contributed by atoms with van der Waals surface area (Å²) in [5.41, 5.74) is 5.72. The molecule has 1 N–H and O–H groups in total. The van der Waals surface area contributed by atoms with Gasteiger partial charge in [0.25, 0.3) is 11.8 Å². The molecule has 4 nitrogen and oxygen atoms in total. The zero-order valence-electron chi connectivity index (χ0n) is 20.0. The number of rotatable bonds is 6. The van der Waals surface area contributed by atoms with Crippen LogP contribution in [-0.2, 0) is 6.54 Å². The Labute approximate surface area is 211 Å². The number of allylic oxidation sites excluding steroid dienone is 1. The maximum Gasteiger partial charge on any atom is 0.259 e. The van der Waals surface area contributed by atoms with Crippen LogP contribution in [0.5, 0.6) is 0 Å². The van der Waals surface area contributed by atoms with E-state index in [4.69, 9.17) is 0 Å². The van der Waals surface area contributed by atoms with Crippen LogP contribution in [0.3, 0.4) is 0 Å². The first kappa shape index (κ1) is 23.4. The molecule has 0 bridgehead atoms. The number of nitrogens with zero attached hydrogens (tertiary/aromatic N) is 1. The molecule has 1 aliphatic heterocycles. The van der Waals surface area contributed by atoms with E-state index in [1.807, 2.05) is 47.4 Å². The number of nitrogens with one attached hydrogen (secondary N) is 1. The summed E-state index contributed by atoms with van der Waals surface area (Å²) in [7, 11) is 0. The van der Waals surface area contributed by atoms with Crippen molar-refractivity contribution in [1.29, 1.82) is 0 Å². The number of anilines is 1. The second-order valence-electron chi connectivity index (χ2n) is 9.27. The second kappa shape index (κ2) is 10.5. The van der Waals surface area contributed by atoms with Gasteiger partial charge in [-0.25, -0.2) is 0 Å². The SMILES string of the molecule is Cc1ccc(CN2C(=O)c3ccccc3Sc3ccc(C(=O)NCCC4=CCCCC4)cc32)cc1. The lowest BCUT2D eigenvalue weighted by Crippen LogP contribution is -2.31. The van der Waals surface area contributed by atoms with Crippen LogP contribution in [0.1, 0.15) is 63.9 Å². The molecule has 0 saturated heterocycles. The smallest absolute Gasteiger partial charge is 0.259 e. The summed E-state index contributed by atoms with van der Waals surface area (Å²) in [6, 6.07) is 21.7. The van der Waals surface area contributed by atoms with Crippen molar-refractivity contribution in [2.24, 2.45) is 0 Å². The lowest BCUT2D eigenvalue weighted by molar-refractivity contribution is 0.0950. The number of amides is 2. The number of hydrogen-bond acceptors (Lipinski definition) is 3. The normalized spacial score (nSPS) is 15.1. The molecule has 3 aromatic rings. The predicted molar refractivity (Wildman–Crippen MR) is 142 cm³/mol. The van der Waals surface area contributed by atoms with Gasteiger partial charge in [0.2, 0.25) is 0 Å². The average molecular weight is 483 g/mol. The molecule has 0 fully saturated rings. The van der Waals surface area contributed by atoms with Gasteiger partial charge in [-0.2, -0.15) is 0 Å². The number of carbonyl (C=O) groups is 2. The van der Waals surface area contributed by atoms with Crippen molar-refractivity contribution in [3.8, 4) is 0 Å². The molecular formula is C30H30N2O2S.